The van der Waals surface area contributed by atoms with E-state index in [0.717, 1.165) is 11.1 Å². The molecule has 1 aromatic heterocycles. The van der Waals surface area contributed by atoms with Gasteiger partial charge in [0.05, 0.1) is 7.11 Å². The summed E-state index contributed by atoms with van der Waals surface area (Å²) in [5.41, 5.74) is 2.46. The predicted molar refractivity (Wildman–Crippen MR) is 123 cm³/mol. The summed E-state index contributed by atoms with van der Waals surface area (Å²) in [6, 6.07) is 10.7. The van der Waals surface area contributed by atoms with Gasteiger partial charge >= 0.3 is 0 Å². The van der Waals surface area contributed by atoms with Crippen LogP contribution in [-0.2, 0) is 5.41 Å². The Morgan fingerprint density at radius 2 is 1.93 bits per heavy atom. The number of phenols is 1. The summed E-state index contributed by atoms with van der Waals surface area (Å²) in [4.78, 5) is 21.0. The van der Waals surface area contributed by atoms with Gasteiger partial charge in [-0.05, 0) is 53.5 Å². The Bertz CT molecular complexity index is 1080. The molecule has 6 heteroatoms. The van der Waals surface area contributed by atoms with Gasteiger partial charge in [0.1, 0.15) is 11.5 Å². The van der Waals surface area contributed by atoms with E-state index in [2.05, 4.69) is 9.98 Å². The molecule has 5 nitrogen and oxygen atoms in total. The van der Waals surface area contributed by atoms with Gasteiger partial charge < -0.3 is 9.84 Å². The molecular formula is C24H24N2O3S. The van der Waals surface area contributed by atoms with Gasteiger partial charge in [0.15, 0.2) is 5.78 Å². The monoisotopic (exact) mass is 420 g/mol. The van der Waals surface area contributed by atoms with Crippen molar-refractivity contribution in [3.63, 3.8) is 0 Å². The molecule has 0 fully saturated rings. The number of nitrogens with zero attached hydrogens (tertiary/aromatic N) is 2. The number of rotatable bonds is 6. The molecule has 0 unspecified atom stereocenters. The maximum atomic E-state index is 12.5. The highest BCUT2D eigenvalue weighted by molar-refractivity contribution is 7.13. The average Bonchev–Trinajstić information content (AvgIpc) is 3.24. The van der Waals surface area contributed by atoms with Gasteiger partial charge in [-0.1, -0.05) is 26.8 Å². The number of ether oxygens (including phenoxy) is 1. The summed E-state index contributed by atoms with van der Waals surface area (Å²) < 4.78 is 5.13. The minimum Gasteiger partial charge on any atom is -0.507 e. The van der Waals surface area contributed by atoms with Crippen molar-refractivity contribution in [2.45, 2.75) is 26.2 Å². The summed E-state index contributed by atoms with van der Waals surface area (Å²) in [6.45, 7) is 6.08. The maximum Gasteiger partial charge on any atom is 0.209 e. The van der Waals surface area contributed by atoms with Crippen LogP contribution < -0.4 is 4.74 Å². The van der Waals surface area contributed by atoms with Crippen molar-refractivity contribution in [1.29, 1.82) is 0 Å². The quantitative estimate of drug-likeness (QED) is 0.311. The molecule has 1 N–H and O–H groups in total. The van der Waals surface area contributed by atoms with E-state index in [-0.39, 0.29) is 16.9 Å². The lowest BCUT2D eigenvalue weighted by atomic mass is 9.84. The van der Waals surface area contributed by atoms with Gasteiger partial charge in [-0.2, -0.15) is 0 Å². The molecule has 0 atom stereocenters. The van der Waals surface area contributed by atoms with Crippen LogP contribution in [0.15, 0.2) is 59.0 Å². The lowest BCUT2D eigenvalue weighted by Crippen LogP contribution is -2.12. The van der Waals surface area contributed by atoms with E-state index in [4.69, 9.17) is 4.74 Å². The fourth-order valence-corrected chi connectivity index (χ4v) is 3.35. The summed E-state index contributed by atoms with van der Waals surface area (Å²) in [5.74, 6) is 0.774. The van der Waals surface area contributed by atoms with Crippen molar-refractivity contribution in [2.24, 2.45) is 4.99 Å². The lowest BCUT2D eigenvalue weighted by Gasteiger charge is -2.22. The lowest BCUT2D eigenvalue weighted by molar-refractivity contribution is 0.104. The normalized spacial score (nSPS) is 12.0. The number of hydrogen-bond donors (Lipinski definition) is 1. The number of carbonyl (C=O) groups excluding carboxylic acids is 1. The second kappa shape index (κ2) is 9.05. The van der Waals surface area contributed by atoms with Crippen LogP contribution in [-0.4, -0.2) is 29.2 Å². The third-order valence-corrected chi connectivity index (χ3v) is 5.18. The maximum absolute atomic E-state index is 12.5. The molecule has 30 heavy (non-hydrogen) atoms. The fraction of sp³-hybridized carbons (Fsp3) is 0.208. The van der Waals surface area contributed by atoms with E-state index in [9.17, 15) is 9.90 Å². The topological polar surface area (TPSA) is 71.8 Å². The molecule has 154 valence electrons. The van der Waals surface area contributed by atoms with Crippen molar-refractivity contribution < 1.29 is 14.6 Å². The number of carbonyl (C=O) groups is 1. The second-order valence-electron chi connectivity index (χ2n) is 7.76. The Balaban J connectivity index is 1.93. The SMILES string of the molecule is COc1ccc(C(=O)/C=C/c2cc(C=Nc3nccs3)c(O)c(C(C)(C)C)c2)cc1. The molecule has 0 aliphatic rings. The van der Waals surface area contributed by atoms with E-state index in [0.29, 0.717) is 22.0 Å². The number of phenolic OH excluding ortho intramolecular Hbond substituents is 1. The number of allylic oxidation sites excluding steroid dienone is 1. The van der Waals surface area contributed by atoms with Crippen molar-refractivity contribution in [2.75, 3.05) is 7.11 Å². The summed E-state index contributed by atoms with van der Waals surface area (Å²) >= 11 is 1.42. The van der Waals surface area contributed by atoms with E-state index >= 15 is 0 Å². The molecule has 0 radical (unpaired) electrons. The van der Waals surface area contributed by atoms with Crippen molar-refractivity contribution >= 4 is 34.5 Å². The molecule has 0 spiro atoms. The number of aromatic nitrogens is 1. The predicted octanol–water partition coefficient (Wildman–Crippen LogP) is 5.80. The molecular weight excluding hydrogens is 396 g/mol. The molecule has 0 bridgehead atoms. The fourth-order valence-electron chi connectivity index (χ4n) is 2.87. The molecule has 0 saturated heterocycles. The Morgan fingerprint density at radius 3 is 2.53 bits per heavy atom. The minimum atomic E-state index is -0.280. The first-order chi connectivity index (χ1) is 14.3. The largest absolute Gasteiger partial charge is 0.507 e. The number of methoxy groups -OCH3 is 1. The van der Waals surface area contributed by atoms with Gasteiger partial charge in [-0.25, -0.2) is 9.98 Å². The third-order valence-electron chi connectivity index (χ3n) is 4.50. The van der Waals surface area contributed by atoms with Crippen LogP contribution in [0.5, 0.6) is 11.5 Å². The number of hydrogen-bond acceptors (Lipinski definition) is 6. The first kappa shape index (κ1) is 21.5. The highest BCUT2D eigenvalue weighted by Gasteiger charge is 2.20. The minimum absolute atomic E-state index is 0.110. The van der Waals surface area contributed by atoms with Gasteiger partial charge in [0.2, 0.25) is 5.13 Å². The van der Waals surface area contributed by atoms with E-state index in [1.165, 1.54) is 17.4 Å². The molecule has 0 aliphatic heterocycles. The number of aliphatic imine (C=N–C) groups is 1. The zero-order valence-corrected chi connectivity index (χ0v) is 18.2. The summed E-state index contributed by atoms with van der Waals surface area (Å²) in [6.07, 6.45) is 6.57. The van der Waals surface area contributed by atoms with Crippen LogP contribution in [0.25, 0.3) is 6.08 Å². The molecule has 2 aromatic carbocycles. The van der Waals surface area contributed by atoms with Gasteiger partial charge in [-0.3, -0.25) is 4.79 Å². The van der Waals surface area contributed by atoms with Crippen LogP contribution in [0.3, 0.4) is 0 Å². The van der Waals surface area contributed by atoms with Crippen molar-refractivity contribution in [3.8, 4) is 11.5 Å². The standard InChI is InChI=1S/C24H24N2O3S/c1-24(2,3)20-14-16(5-10-21(27)17-6-8-19(29-4)9-7-17)13-18(22(20)28)15-26-23-25-11-12-30-23/h5-15,28H,1-4H3/b10-5+,26-15?. The molecule has 0 saturated carbocycles. The van der Waals surface area contributed by atoms with Crippen LogP contribution in [0, 0.1) is 0 Å². The average molecular weight is 421 g/mol. The first-order valence-electron chi connectivity index (χ1n) is 9.45. The number of ketones is 1. The van der Waals surface area contributed by atoms with Gasteiger partial charge in [-0.15, -0.1) is 11.3 Å². The molecule has 0 aliphatic carbocycles. The van der Waals surface area contributed by atoms with E-state index < -0.39 is 0 Å². The van der Waals surface area contributed by atoms with E-state index in [1.807, 2.05) is 32.2 Å². The van der Waals surface area contributed by atoms with Crippen molar-refractivity contribution in [1.82, 2.24) is 4.98 Å². The van der Waals surface area contributed by atoms with Crippen LogP contribution in [0.2, 0.25) is 0 Å². The molecule has 3 aromatic rings. The molecule has 0 amide bonds. The summed E-state index contributed by atoms with van der Waals surface area (Å²) in [7, 11) is 1.59. The third kappa shape index (κ3) is 5.21. The van der Waals surface area contributed by atoms with Crippen LogP contribution in [0.4, 0.5) is 5.13 Å². The van der Waals surface area contributed by atoms with Crippen molar-refractivity contribution in [3.05, 3.63) is 76.3 Å². The van der Waals surface area contributed by atoms with E-state index in [1.54, 1.807) is 55.9 Å². The zero-order chi connectivity index (χ0) is 21.7. The molecule has 1 heterocycles. The van der Waals surface area contributed by atoms with Crippen LogP contribution in [0.1, 0.15) is 47.8 Å². The van der Waals surface area contributed by atoms with Gasteiger partial charge in [0.25, 0.3) is 0 Å². The smallest absolute Gasteiger partial charge is 0.209 e. The Labute approximate surface area is 180 Å². The first-order valence-corrected chi connectivity index (χ1v) is 10.3. The van der Waals surface area contributed by atoms with Gasteiger partial charge in [0, 0.05) is 34.5 Å². The summed E-state index contributed by atoms with van der Waals surface area (Å²) in [5, 5.41) is 13.2. The number of aromatic hydroxyl groups is 1. The Morgan fingerprint density at radius 1 is 1.20 bits per heavy atom. The highest BCUT2D eigenvalue weighted by atomic mass is 32.1. The Kier molecular flexibility index (Phi) is 6.47. The second-order valence-corrected chi connectivity index (χ2v) is 8.63. The highest BCUT2D eigenvalue weighted by Crippen LogP contribution is 2.34. The number of benzene rings is 2. The molecule has 3 rings (SSSR count). The zero-order valence-electron chi connectivity index (χ0n) is 17.4. The Hall–Kier alpha value is -3.25. The van der Waals surface area contributed by atoms with Crippen LogP contribution >= 0.6 is 11.3 Å². The number of thiazole rings is 1.